The van der Waals surface area contributed by atoms with Crippen molar-refractivity contribution in [3.63, 3.8) is 0 Å². The number of thiazole rings is 1. The van der Waals surface area contributed by atoms with E-state index in [-0.39, 0.29) is 6.04 Å². The summed E-state index contributed by atoms with van der Waals surface area (Å²) in [5, 5.41) is 5.64. The Balaban J connectivity index is 1.64. The summed E-state index contributed by atoms with van der Waals surface area (Å²) in [6.07, 6.45) is 2.69. The van der Waals surface area contributed by atoms with Crippen molar-refractivity contribution in [2.75, 3.05) is 18.4 Å². The molecular formula is C16H21N3S. The summed E-state index contributed by atoms with van der Waals surface area (Å²) in [6.45, 7) is 5.71. The van der Waals surface area contributed by atoms with Gasteiger partial charge in [-0.3, -0.25) is 4.90 Å². The van der Waals surface area contributed by atoms with Crippen molar-refractivity contribution < 1.29 is 0 Å². The predicted octanol–water partition coefficient (Wildman–Crippen LogP) is 3.91. The molecule has 1 aliphatic heterocycles. The molecule has 3 rings (SSSR count). The van der Waals surface area contributed by atoms with Crippen LogP contribution in [0.4, 0.5) is 5.69 Å². The van der Waals surface area contributed by atoms with Crippen LogP contribution in [0.2, 0.25) is 0 Å². The molecule has 0 radical (unpaired) electrons. The summed E-state index contributed by atoms with van der Waals surface area (Å²) in [4.78, 5) is 6.90. The lowest BCUT2D eigenvalue weighted by Crippen LogP contribution is -2.18. The number of aromatic nitrogens is 1. The van der Waals surface area contributed by atoms with E-state index < -0.39 is 0 Å². The summed E-state index contributed by atoms with van der Waals surface area (Å²) >= 11 is 1.65. The maximum atomic E-state index is 4.37. The number of likely N-dealkylation sites (tertiary alicyclic amines) is 1. The van der Waals surface area contributed by atoms with Crippen LogP contribution in [0.1, 0.15) is 37.1 Å². The van der Waals surface area contributed by atoms with Gasteiger partial charge in [-0.15, -0.1) is 11.3 Å². The third-order valence-electron chi connectivity index (χ3n) is 3.81. The van der Waals surface area contributed by atoms with Crippen molar-refractivity contribution in [2.45, 2.75) is 32.4 Å². The molecule has 1 N–H and O–H groups in total. The Labute approximate surface area is 124 Å². The first-order valence-electron chi connectivity index (χ1n) is 7.27. The predicted molar refractivity (Wildman–Crippen MR) is 85.1 cm³/mol. The average Bonchev–Trinajstić information content (AvgIpc) is 3.12. The van der Waals surface area contributed by atoms with Gasteiger partial charge in [0.1, 0.15) is 0 Å². The minimum absolute atomic E-state index is 0.253. The van der Waals surface area contributed by atoms with Crippen molar-refractivity contribution in [3.8, 4) is 0 Å². The maximum Gasteiger partial charge on any atom is 0.0795 e. The van der Waals surface area contributed by atoms with Crippen LogP contribution in [-0.4, -0.2) is 23.0 Å². The van der Waals surface area contributed by atoms with E-state index in [0.29, 0.717) is 0 Å². The van der Waals surface area contributed by atoms with Crippen LogP contribution < -0.4 is 5.32 Å². The zero-order valence-electron chi connectivity index (χ0n) is 11.9. The highest BCUT2D eigenvalue weighted by Gasteiger charge is 2.12. The minimum Gasteiger partial charge on any atom is -0.377 e. The van der Waals surface area contributed by atoms with E-state index in [0.717, 1.165) is 12.2 Å². The Morgan fingerprint density at radius 2 is 2.20 bits per heavy atom. The number of hydrogen-bond donors (Lipinski definition) is 1. The molecule has 0 spiro atoms. The topological polar surface area (TPSA) is 28.2 Å². The summed E-state index contributed by atoms with van der Waals surface area (Å²) in [5.74, 6) is 0. The molecule has 2 aromatic rings. The molecule has 0 bridgehead atoms. The monoisotopic (exact) mass is 287 g/mol. The lowest BCUT2D eigenvalue weighted by atomic mass is 10.1. The molecule has 20 heavy (non-hydrogen) atoms. The number of rotatable bonds is 5. The second-order valence-electron chi connectivity index (χ2n) is 5.46. The highest BCUT2D eigenvalue weighted by molar-refractivity contribution is 7.07. The Hall–Kier alpha value is -1.39. The summed E-state index contributed by atoms with van der Waals surface area (Å²) in [5.41, 5.74) is 5.57. The fraction of sp³-hybridized carbons (Fsp3) is 0.438. The number of nitrogens with zero attached hydrogens (tertiary/aromatic N) is 2. The van der Waals surface area contributed by atoms with E-state index in [1.165, 1.54) is 37.2 Å². The fourth-order valence-electron chi connectivity index (χ4n) is 2.72. The Morgan fingerprint density at radius 1 is 1.35 bits per heavy atom. The highest BCUT2D eigenvalue weighted by Crippen LogP contribution is 2.21. The third kappa shape index (κ3) is 3.38. The Morgan fingerprint density at radius 3 is 2.95 bits per heavy atom. The van der Waals surface area contributed by atoms with Crippen molar-refractivity contribution in [3.05, 3.63) is 46.4 Å². The van der Waals surface area contributed by atoms with E-state index in [4.69, 9.17) is 0 Å². The maximum absolute atomic E-state index is 4.37. The fourth-order valence-corrected chi connectivity index (χ4v) is 3.37. The van der Waals surface area contributed by atoms with Crippen molar-refractivity contribution in [1.29, 1.82) is 0 Å². The van der Waals surface area contributed by atoms with Gasteiger partial charge in [0.05, 0.1) is 17.2 Å². The van der Waals surface area contributed by atoms with Crippen LogP contribution in [0.5, 0.6) is 0 Å². The molecule has 1 saturated heterocycles. The van der Waals surface area contributed by atoms with Crippen LogP contribution in [0.3, 0.4) is 0 Å². The van der Waals surface area contributed by atoms with E-state index in [1.54, 1.807) is 11.3 Å². The summed E-state index contributed by atoms with van der Waals surface area (Å²) in [6, 6.07) is 9.01. The molecular weight excluding hydrogens is 266 g/mol. The molecule has 1 unspecified atom stereocenters. The molecule has 1 aliphatic rings. The van der Waals surface area contributed by atoms with Gasteiger partial charge in [0.2, 0.25) is 0 Å². The highest BCUT2D eigenvalue weighted by atomic mass is 32.1. The van der Waals surface area contributed by atoms with Gasteiger partial charge in [-0.25, -0.2) is 4.98 Å². The third-order valence-corrected chi connectivity index (χ3v) is 4.41. The summed E-state index contributed by atoms with van der Waals surface area (Å²) in [7, 11) is 0. The van der Waals surface area contributed by atoms with Gasteiger partial charge in [-0.2, -0.15) is 0 Å². The van der Waals surface area contributed by atoms with E-state index in [9.17, 15) is 0 Å². The van der Waals surface area contributed by atoms with Crippen LogP contribution >= 0.6 is 11.3 Å². The Kier molecular flexibility index (Phi) is 4.33. The molecule has 1 atom stereocenters. The quantitative estimate of drug-likeness (QED) is 0.903. The van der Waals surface area contributed by atoms with Gasteiger partial charge in [0.25, 0.3) is 0 Å². The van der Waals surface area contributed by atoms with Gasteiger partial charge in [-0.1, -0.05) is 12.1 Å². The summed E-state index contributed by atoms with van der Waals surface area (Å²) < 4.78 is 0. The molecule has 0 amide bonds. The number of anilines is 1. The van der Waals surface area contributed by atoms with Gasteiger partial charge < -0.3 is 5.32 Å². The molecule has 2 heterocycles. The van der Waals surface area contributed by atoms with Crippen LogP contribution in [-0.2, 0) is 6.54 Å². The number of nitrogens with one attached hydrogen (secondary N) is 1. The molecule has 1 fully saturated rings. The van der Waals surface area contributed by atoms with Gasteiger partial charge in [0, 0.05) is 17.6 Å². The van der Waals surface area contributed by atoms with Gasteiger partial charge in [0.15, 0.2) is 0 Å². The Bertz CT molecular complexity index is 532. The second kappa shape index (κ2) is 6.37. The average molecular weight is 287 g/mol. The van der Waals surface area contributed by atoms with Crippen molar-refractivity contribution in [1.82, 2.24) is 9.88 Å². The van der Waals surface area contributed by atoms with Crippen LogP contribution in [0, 0.1) is 0 Å². The van der Waals surface area contributed by atoms with E-state index in [2.05, 4.69) is 51.8 Å². The van der Waals surface area contributed by atoms with Crippen LogP contribution in [0.25, 0.3) is 0 Å². The number of benzene rings is 1. The largest absolute Gasteiger partial charge is 0.377 e. The first-order chi connectivity index (χ1) is 9.81. The first kappa shape index (κ1) is 13.6. The van der Waals surface area contributed by atoms with Gasteiger partial charge >= 0.3 is 0 Å². The first-order valence-corrected chi connectivity index (χ1v) is 8.21. The minimum atomic E-state index is 0.253. The molecule has 1 aromatic heterocycles. The van der Waals surface area contributed by atoms with Crippen molar-refractivity contribution >= 4 is 17.0 Å². The van der Waals surface area contributed by atoms with Crippen LogP contribution in [0.15, 0.2) is 35.2 Å². The van der Waals surface area contributed by atoms with E-state index >= 15 is 0 Å². The molecule has 4 heteroatoms. The molecule has 3 nitrogen and oxygen atoms in total. The van der Waals surface area contributed by atoms with E-state index in [1.807, 2.05) is 5.51 Å². The van der Waals surface area contributed by atoms with Crippen molar-refractivity contribution in [2.24, 2.45) is 0 Å². The molecule has 0 aliphatic carbocycles. The zero-order chi connectivity index (χ0) is 13.8. The molecule has 106 valence electrons. The molecule has 1 aromatic carbocycles. The smallest absolute Gasteiger partial charge is 0.0795 e. The zero-order valence-corrected chi connectivity index (χ0v) is 12.7. The SMILES string of the molecule is CC(Nc1cccc(CN2CCCC2)c1)c1cscn1. The standard InChI is InChI=1S/C16H21N3S/c1-13(16-11-20-12-17-16)18-15-6-4-5-14(9-15)10-19-7-2-3-8-19/h4-6,9,11-13,18H,2-3,7-8,10H2,1H3. The number of hydrogen-bond acceptors (Lipinski definition) is 4. The second-order valence-corrected chi connectivity index (χ2v) is 6.18. The molecule has 0 saturated carbocycles. The lowest BCUT2D eigenvalue weighted by Gasteiger charge is -2.17. The lowest BCUT2D eigenvalue weighted by molar-refractivity contribution is 0.331. The normalized spacial score (nSPS) is 17.2. The van der Waals surface area contributed by atoms with Gasteiger partial charge in [-0.05, 0) is 50.6 Å².